The minimum Gasteiger partial charge on any atom is -0.462 e. The van der Waals surface area contributed by atoms with E-state index in [4.69, 9.17) is 4.74 Å². The SMILES string of the molecule is CCOC(=O)c1c(NC(=O)C(C)Sc2cccc(NC(=O)/C(=C\c3ccccc3[N+](=O)[O-])NC(=O)c3ccccc3)c2)sc2c1CCCCCC2. The number of ether oxygens (including phenoxy) is 1. The van der Waals surface area contributed by atoms with E-state index >= 15 is 0 Å². The number of aryl methyl sites for hydroxylation is 1. The maximum absolute atomic E-state index is 13.6. The number of benzene rings is 3. The van der Waals surface area contributed by atoms with Gasteiger partial charge in [-0.05, 0) is 87.6 Å². The topological polar surface area (TPSA) is 157 Å². The highest BCUT2D eigenvalue weighted by Crippen LogP contribution is 2.38. The molecule has 1 aliphatic carbocycles. The Morgan fingerprint density at radius 3 is 2.41 bits per heavy atom. The summed E-state index contributed by atoms with van der Waals surface area (Å²) in [5, 5.41) is 19.9. The number of esters is 1. The van der Waals surface area contributed by atoms with E-state index in [0.717, 1.165) is 49.0 Å². The molecule has 0 saturated carbocycles. The molecule has 3 N–H and O–H groups in total. The number of nitrogens with one attached hydrogen (secondary N) is 3. The van der Waals surface area contributed by atoms with Crippen molar-refractivity contribution in [1.29, 1.82) is 0 Å². The molecule has 0 radical (unpaired) electrons. The predicted molar refractivity (Wildman–Crippen MR) is 200 cm³/mol. The molecule has 1 unspecified atom stereocenters. The van der Waals surface area contributed by atoms with Crippen LogP contribution in [0, 0.1) is 10.1 Å². The Labute approximate surface area is 304 Å². The van der Waals surface area contributed by atoms with Gasteiger partial charge in [0.05, 0.1) is 27.9 Å². The highest BCUT2D eigenvalue weighted by atomic mass is 32.2. The number of nitro groups is 1. The fourth-order valence-electron chi connectivity index (χ4n) is 5.62. The molecule has 4 aromatic rings. The Kier molecular flexibility index (Phi) is 12.8. The number of hydrogen-bond donors (Lipinski definition) is 3. The second kappa shape index (κ2) is 17.6. The lowest BCUT2D eigenvalue weighted by atomic mass is 9.96. The van der Waals surface area contributed by atoms with Gasteiger partial charge in [0.25, 0.3) is 17.5 Å². The molecule has 1 aromatic heterocycles. The summed E-state index contributed by atoms with van der Waals surface area (Å²) in [5.74, 6) is -1.98. The van der Waals surface area contributed by atoms with Crippen molar-refractivity contribution in [1.82, 2.24) is 5.32 Å². The molecule has 3 aromatic carbocycles. The molecule has 0 aliphatic heterocycles. The number of para-hydroxylation sites is 1. The van der Waals surface area contributed by atoms with Gasteiger partial charge in [-0.2, -0.15) is 0 Å². The molecule has 0 fully saturated rings. The molecule has 11 nitrogen and oxygen atoms in total. The zero-order valence-electron chi connectivity index (χ0n) is 28.2. The molecule has 1 atom stereocenters. The Hall–Kier alpha value is -5.27. The van der Waals surface area contributed by atoms with Crippen molar-refractivity contribution in [3.8, 4) is 0 Å². The first kappa shape index (κ1) is 37.0. The van der Waals surface area contributed by atoms with Gasteiger partial charge in [-0.15, -0.1) is 23.1 Å². The summed E-state index contributed by atoms with van der Waals surface area (Å²) in [5.41, 5.74) is 1.81. The van der Waals surface area contributed by atoms with Crippen molar-refractivity contribution < 1.29 is 28.8 Å². The average molecular weight is 727 g/mol. The van der Waals surface area contributed by atoms with E-state index < -0.39 is 28.0 Å². The van der Waals surface area contributed by atoms with E-state index in [0.29, 0.717) is 26.7 Å². The van der Waals surface area contributed by atoms with Crippen LogP contribution in [0.3, 0.4) is 0 Å². The van der Waals surface area contributed by atoms with Gasteiger partial charge in [0.1, 0.15) is 10.7 Å². The summed E-state index contributed by atoms with van der Waals surface area (Å²) in [6, 6.07) is 21.0. The van der Waals surface area contributed by atoms with Crippen LogP contribution in [0.1, 0.15) is 76.3 Å². The summed E-state index contributed by atoms with van der Waals surface area (Å²) >= 11 is 2.71. The fraction of sp³-hybridized carbons (Fsp3) is 0.263. The maximum Gasteiger partial charge on any atom is 0.341 e. The molecule has 13 heteroatoms. The predicted octanol–water partition coefficient (Wildman–Crippen LogP) is 8.02. The molecular weight excluding hydrogens is 689 g/mol. The summed E-state index contributed by atoms with van der Waals surface area (Å²) in [4.78, 5) is 66.0. The van der Waals surface area contributed by atoms with Crippen LogP contribution in [0.15, 0.2) is 89.5 Å². The highest BCUT2D eigenvalue weighted by Gasteiger charge is 2.28. The van der Waals surface area contributed by atoms with Crippen LogP contribution in [0.25, 0.3) is 6.08 Å². The number of amides is 3. The summed E-state index contributed by atoms with van der Waals surface area (Å²) in [6.07, 6.45) is 7.14. The first-order chi connectivity index (χ1) is 24.6. The quantitative estimate of drug-likeness (QED) is 0.0436. The molecule has 1 aliphatic rings. The number of thiophene rings is 1. The Balaban J connectivity index is 1.33. The van der Waals surface area contributed by atoms with Crippen molar-refractivity contribution in [2.75, 3.05) is 17.2 Å². The normalized spacial score (nSPS) is 13.5. The number of carbonyl (C=O) groups excluding carboxylic acids is 4. The van der Waals surface area contributed by atoms with Crippen LogP contribution < -0.4 is 16.0 Å². The number of nitrogens with zero attached hydrogens (tertiary/aromatic N) is 1. The minimum atomic E-state index is -0.704. The van der Waals surface area contributed by atoms with E-state index in [1.807, 2.05) is 0 Å². The number of carbonyl (C=O) groups is 4. The number of rotatable bonds is 12. The Morgan fingerprint density at radius 2 is 1.67 bits per heavy atom. The van der Waals surface area contributed by atoms with E-state index in [-0.39, 0.29) is 29.5 Å². The third kappa shape index (κ3) is 9.71. The van der Waals surface area contributed by atoms with Gasteiger partial charge < -0.3 is 20.7 Å². The molecule has 3 amide bonds. The van der Waals surface area contributed by atoms with Gasteiger partial charge in [0.15, 0.2) is 0 Å². The van der Waals surface area contributed by atoms with Crippen molar-refractivity contribution in [3.05, 3.63) is 122 Å². The van der Waals surface area contributed by atoms with Crippen LogP contribution in [-0.2, 0) is 27.2 Å². The molecule has 0 saturated heterocycles. The van der Waals surface area contributed by atoms with Crippen LogP contribution >= 0.6 is 23.1 Å². The number of thioether (sulfide) groups is 1. The minimum absolute atomic E-state index is 0.133. The van der Waals surface area contributed by atoms with Crippen molar-refractivity contribution in [3.63, 3.8) is 0 Å². The smallest absolute Gasteiger partial charge is 0.341 e. The van der Waals surface area contributed by atoms with E-state index in [1.54, 1.807) is 74.5 Å². The van der Waals surface area contributed by atoms with Crippen LogP contribution in [-0.4, -0.2) is 40.5 Å². The van der Waals surface area contributed by atoms with Crippen molar-refractivity contribution in [2.24, 2.45) is 0 Å². The zero-order valence-corrected chi connectivity index (χ0v) is 29.9. The molecule has 1 heterocycles. The van der Waals surface area contributed by atoms with Crippen molar-refractivity contribution in [2.45, 2.75) is 62.5 Å². The largest absolute Gasteiger partial charge is 0.462 e. The van der Waals surface area contributed by atoms with Gasteiger partial charge in [0.2, 0.25) is 5.91 Å². The van der Waals surface area contributed by atoms with Gasteiger partial charge in [-0.25, -0.2) is 4.79 Å². The molecular formula is C38H38N4O7S2. The monoisotopic (exact) mass is 726 g/mol. The second-order valence-corrected chi connectivity index (χ2v) is 14.3. The fourth-order valence-corrected chi connectivity index (χ4v) is 7.82. The summed E-state index contributed by atoms with van der Waals surface area (Å²) in [6.45, 7) is 3.75. The average Bonchev–Trinajstić information content (AvgIpc) is 3.43. The van der Waals surface area contributed by atoms with Gasteiger partial charge in [0, 0.05) is 27.1 Å². The lowest BCUT2D eigenvalue weighted by Gasteiger charge is -2.14. The third-order valence-electron chi connectivity index (χ3n) is 8.12. The zero-order chi connectivity index (χ0) is 36.3. The summed E-state index contributed by atoms with van der Waals surface area (Å²) < 4.78 is 5.38. The summed E-state index contributed by atoms with van der Waals surface area (Å²) in [7, 11) is 0. The first-order valence-corrected chi connectivity index (χ1v) is 18.4. The molecule has 264 valence electrons. The Bertz CT molecular complexity index is 1960. The molecule has 5 rings (SSSR count). The van der Waals surface area contributed by atoms with Crippen LogP contribution in [0.4, 0.5) is 16.4 Å². The number of anilines is 2. The number of nitro benzene ring substituents is 1. The second-order valence-electron chi connectivity index (χ2n) is 11.8. The van der Waals surface area contributed by atoms with Gasteiger partial charge in [-0.1, -0.05) is 49.2 Å². The van der Waals surface area contributed by atoms with E-state index in [1.165, 1.54) is 47.4 Å². The van der Waals surface area contributed by atoms with Gasteiger partial charge in [-0.3, -0.25) is 24.5 Å². The van der Waals surface area contributed by atoms with Crippen LogP contribution in [0.5, 0.6) is 0 Å². The molecule has 0 spiro atoms. The maximum atomic E-state index is 13.6. The van der Waals surface area contributed by atoms with Gasteiger partial charge >= 0.3 is 5.97 Å². The van der Waals surface area contributed by atoms with E-state index in [9.17, 15) is 29.3 Å². The lowest BCUT2D eigenvalue weighted by molar-refractivity contribution is -0.385. The third-order valence-corrected chi connectivity index (χ3v) is 10.4. The first-order valence-electron chi connectivity index (χ1n) is 16.7. The number of fused-ring (bicyclic) bond motifs is 1. The lowest BCUT2D eigenvalue weighted by Crippen LogP contribution is -2.30. The van der Waals surface area contributed by atoms with Crippen LogP contribution in [0.2, 0.25) is 0 Å². The number of hydrogen-bond acceptors (Lipinski definition) is 9. The Morgan fingerprint density at radius 1 is 0.941 bits per heavy atom. The van der Waals surface area contributed by atoms with E-state index in [2.05, 4.69) is 16.0 Å². The standard InChI is InChI=1S/C38H38N4O7S2/c1-3-49-38(46)33-29-19-9-4-5-10-21-32(29)51-37(33)41-34(43)24(2)50-28-18-13-17-27(23-28)39-36(45)30(40-35(44)25-14-7-6-8-15-25)22-26-16-11-12-20-31(26)42(47)48/h6-8,11-18,20,22-24H,3-5,9-10,19,21H2,1-2H3,(H,39,45)(H,40,44)(H,41,43)/b30-22+. The molecule has 0 bridgehead atoms. The molecule has 51 heavy (non-hydrogen) atoms. The highest BCUT2D eigenvalue weighted by molar-refractivity contribution is 8.00. The van der Waals surface area contributed by atoms with Crippen molar-refractivity contribution >= 4 is 69.2 Å².